The molecule has 0 spiro atoms. The molecule has 3 nitrogen and oxygen atoms in total. The number of hydrogen-bond acceptors (Lipinski definition) is 3. The van der Waals surface area contributed by atoms with E-state index in [0.717, 1.165) is 5.56 Å². The molecular weight excluding hydrogens is 210 g/mol. The van der Waals surface area contributed by atoms with E-state index in [1.54, 1.807) is 18.3 Å². The van der Waals surface area contributed by atoms with Crippen molar-refractivity contribution in [3.63, 3.8) is 0 Å². The van der Waals surface area contributed by atoms with Crippen molar-refractivity contribution >= 4 is 23.2 Å². The van der Waals surface area contributed by atoms with Crippen molar-refractivity contribution in [3.8, 4) is 0 Å². The van der Waals surface area contributed by atoms with Crippen LogP contribution in [0.4, 0.5) is 0 Å². The van der Waals surface area contributed by atoms with Crippen LogP contribution in [-0.4, -0.2) is 16.7 Å². The highest BCUT2D eigenvalue weighted by Gasteiger charge is 2.32. The smallest absolute Gasteiger partial charge is 0.257 e. The molecule has 1 aliphatic rings. The molecule has 0 saturated heterocycles. The molecule has 2 heterocycles. The first-order valence-electron chi connectivity index (χ1n) is 4.69. The Labute approximate surface area is 92.0 Å². The Balaban J connectivity index is 2.27. The topological polar surface area (TPSA) is 37.4 Å². The SMILES string of the molecule is CC1=CC(=O)N(C(C)c2ccsc2)C1=O. The Morgan fingerprint density at radius 1 is 1.40 bits per heavy atom. The molecule has 0 fully saturated rings. The lowest BCUT2D eigenvalue weighted by Gasteiger charge is -2.21. The number of carbonyl (C=O) groups is 2. The van der Waals surface area contributed by atoms with Gasteiger partial charge in [0.15, 0.2) is 0 Å². The third kappa shape index (κ3) is 1.61. The highest BCUT2D eigenvalue weighted by atomic mass is 32.1. The molecule has 15 heavy (non-hydrogen) atoms. The highest BCUT2D eigenvalue weighted by Crippen LogP contribution is 2.27. The van der Waals surface area contributed by atoms with E-state index in [0.29, 0.717) is 5.57 Å². The third-order valence-electron chi connectivity index (χ3n) is 2.55. The van der Waals surface area contributed by atoms with Crippen LogP contribution in [0.3, 0.4) is 0 Å². The average molecular weight is 221 g/mol. The molecule has 1 atom stereocenters. The molecule has 1 unspecified atom stereocenters. The summed E-state index contributed by atoms with van der Waals surface area (Å²) in [6.07, 6.45) is 1.39. The van der Waals surface area contributed by atoms with E-state index in [1.165, 1.54) is 11.0 Å². The summed E-state index contributed by atoms with van der Waals surface area (Å²) in [5.74, 6) is -0.394. The number of amides is 2. The molecule has 1 aromatic heterocycles. The summed E-state index contributed by atoms with van der Waals surface area (Å²) in [4.78, 5) is 24.6. The largest absolute Gasteiger partial charge is 0.269 e. The predicted molar refractivity (Wildman–Crippen MR) is 58.3 cm³/mol. The van der Waals surface area contributed by atoms with E-state index in [-0.39, 0.29) is 17.9 Å². The van der Waals surface area contributed by atoms with Gasteiger partial charge in [-0.15, -0.1) is 0 Å². The fourth-order valence-corrected chi connectivity index (χ4v) is 2.38. The van der Waals surface area contributed by atoms with Gasteiger partial charge in [-0.1, -0.05) is 0 Å². The van der Waals surface area contributed by atoms with Crippen molar-refractivity contribution in [2.45, 2.75) is 19.9 Å². The van der Waals surface area contributed by atoms with E-state index in [1.807, 2.05) is 23.8 Å². The fourth-order valence-electron chi connectivity index (χ4n) is 1.64. The zero-order valence-electron chi connectivity index (χ0n) is 8.56. The van der Waals surface area contributed by atoms with Crippen molar-refractivity contribution in [1.82, 2.24) is 4.90 Å². The molecular formula is C11H11NO2S. The van der Waals surface area contributed by atoms with Crippen LogP contribution in [0.25, 0.3) is 0 Å². The maximum atomic E-state index is 11.7. The summed E-state index contributed by atoms with van der Waals surface area (Å²) in [6, 6.07) is 1.76. The normalized spacial score (nSPS) is 18.3. The summed E-state index contributed by atoms with van der Waals surface area (Å²) in [5, 5.41) is 3.90. The molecule has 78 valence electrons. The van der Waals surface area contributed by atoms with E-state index >= 15 is 0 Å². The van der Waals surface area contributed by atoms with Crippen molar-refractivity contribution in [2.75, 3.05) is 0 Å². The predicted octanol–water partition coefficient (Wildman–Crippen LogP) is 2.12. The second-order valence-electron chi connectivity index (χ2n) is 3.57. The van der Waals surface area contributed by atoms with Crippen molar-refractivity contribution in [1.29, 1.82) is 0 Å². The van der Waals surface area contributed by atoms with E-state index in [2.05, 4.69) is 0 Å². The molecule has 0 aliphatic carbocycles. The second kappa shape index (κ2) is 3.62. The Kier molecular flexibility index (Phi) is 2.44. The Hall–Kier alpha value is -1.42. The average Bonchev–Trinajstić information content (AvgIpc) is 2.76. The van der Waals surface area contributed by atoms with Gasteiger partial charge in [0.25, 0.3) is 11.8 Å². The van der Waals surface area contributed by atoms with Gasteiger partial charge in [-0.25, -0.2) is 0 Å². The number of thiophene rings is 1. The molecule has 2 amide bonds. The van der Waals surface area contributed by atoms with Gasteiger partial charge >= 0.3 is 0 Å². The van der Waals surface area contributed by atoms with Gasteiger partial charge in [0, 0.05) is 11.6 Å². The first-order chi connectivity index (χ1) is 7.11. The first-order valence-corrected chi connectivity index (χ1v) is 5.63. The van der Waals surface area contributed by atoms with Crippen LogP contribution in [0.1, 0.15) is 25.5 Å². The van der Waals surface area contributed by atoms with Gasteiger partial charge in [0.1, 0.15) is 0 Å². The third-order valence-corrected chi connectivity index (χ3v) is 3.25. The molecule has 1 aliphatic heterocycles. The number of hydrogen-bond donors (Lipinski definition) is 0. The van der Waals surface area contributed by atoms with Gasteiger partial charge in [-0.2, -0.15) is 11.3 Å². The molecule has 0 bridgehead atoms. The van der Waals surface area contributed by atoms with Gasteiger partial charge in [0.05, 0.1) is 6.04 Å². The van der Waals surface area contributed by atoms with Crippen LogP contribution in [0.5, 0.6) is 0 Å². The minimum Gasteiger partial charge on any atom is -0.269 e. The van der Waals surface area contributed by atoms with Crippen molar-refractivity contribution in [3.05, 3.63) is 34.0 Å². The standard InChI is InChI=1S/C11H11NO2S/c1-7-5-10(13)12(11(7)14)8(2)9-3-4-15-6-9/h3-6,8H,1-2H3. The Morgan fingerprint density at radius 3 is 2.60 bits per heavy atom. The van der Waals surface area contributed by atoms with Gasteiger partial charge < -0.3 is 0 Å². The van der Waals surface area contributed by atoms with Crippen LogP contribution in [0, 0.1) is 0 Å². The maximum absolute atomic E-state index is 11.7. The Morgan fingerprint density at radius 2 is 2.13 bits per heavy atom. The zero-order chi connectivity index (χ0) is 11.0. The fraction of sp³-hybridized carbons (Fsp3) is 0.273. The van der Waals surface area contributed by atoms with Crippen LogP contribution in [0.2, 0.25) is 0 Å². The lowest BCUT2D eigenvalue weighted by Crippen LogP contribution is -2.33. The number of nitrogens with zero attached hydrogens (tertiary/aromatic N) is 1. The quantitative estimate of drug-likeness (QED) is 0.717. The Bertz CT molecular complexity index is 433. The molecule has 1 aromatic rings. The maximum Gasteiger partial charge on any atom is 0.257 e. The summed E-state index contributed by atoms with van der Waals surface area (Å²) in [7, 11) is 0. The summed E-state index contributed by atoms with van der Waals surface area (Å²) in [5.41, 5.74) is 1.52. The van der Waals surface area contributed by atoms with Crippen LogP contribution >= 0.6 is 11.3 Å². The minimum absolute atomic E-state index is 0.176. The van der Waals surface area contributed by atoms with Crippen LogP contribution in [-0.2, 0) is 9.59 Å². The van der Waals surface area contributed by atoms with E-state index < -0.39 is 0 Å². The van der Waals surface area contributed by atoms with Crippen LogP contribution in [0.15, 0.2) is 28.5 Å². The molecule has 0 N–H and O–H groups in total. The monoisotopic (exact) mass is 221 g/mol. The van der Waals surface area contributed by atoms with Gasteiger partial charge in [0.2, 0.25) is 0 Å². The molecule has 0 saturated carbocycles. The number of rotatable bonds is 2. The second-order valence-corrected chi connectivity index (χ2v) is 4.35. The minimum atomic E-state index is -0.212. The summed E-state index contributed by atoms with van der Waals surface area (Å²) < 4.78 is 0. The van der Waals surface area contributed by atoms with Gasteiger partial charge in [-0.05, 0) is 36.2 Å². The van der Waals surface area contributed by atoms with Crippen molar-refractivity contribution < 1.29 is 9.59 Å². The summed E-state index contributed by atoms with van der Waals surface area (Å²) >= 11 is 1.56. The number of carbonyl (C=O) groups excluding carboxylic acids is 2. The van der Waals surface area contributed by atoms with E-state index in [4.69, 9.17) is 0 Å². The lowest BCUT2D eigenvalue weighted by atomic mass is 10.1. The zero-order valence-corrected chi connectivity index (χ0v) is 9.38. The van der Waals surface area contributed by atoms with Crippen molar-refractivity contribution in [2.24, 2.45) is 0 Å². The molecule has 2 rings (SSSR count). The first kappa shape index (κ1) is 10.1. The molecule has 4 heteroatoms. The van der Waals surface area contributed by atoms with E-state index in [9.17, 15) is 9.59 Å². The van der Waals surface area contributed by atoms with Crippen LogP contribution < -0.4 is 0 Å². The highest BCUT2D eigenvalue weighted by molar-refractivity contribution is 7.08. The molecule has 0 aromatic carbocycles. The van der Waals surface area contributed by atoms with Gasteiger partial charge in [-0.3, -0.25) is 14.5 Å². The lowest BCUT2D eigenvalue weighted by molar-refractivity contribution is -0.139. The summed E-state index contributed by atoms with van der Waals surface area (Å²) in [6.45, 7) is 3.53. The molecule has 0 radical (unpaired) electrons. The number of imide groups is 1.